The molecule has 2 amide bonds. The average molecular weight is 307 g/mol. The quantitative estimate of drug-likeness (QED) is 0.590. The number of likely N-dealkylation sites (N-methyl/N-ethyl adjacent to an activating group) is 1. The van der Waals surface area contributed by atoms with Crippen molar-refractivity contribution in [2.75, 3.05) is 7.05 Å². The van der Waals surface area contributed by atoms with E-state index in [-0.39, 0.29) is 17.6 Å². The number of rotatable bonds is 7. The molecule has 0 aromatic heterocycles. The predicted molar refractivity (Wildman–Crippen MR) is 85.2 cm³/mol. The maximum absolute atomic E-state index is 12.1. The fourth-order valence-electron chi connectivity index (χ4n) is 2.14. The second-order valence-corrected chi connectivity index (χ2v) is 5.78. The molecule has 6 heteroatoms. The van der Waals surface area contributed by atoms with Crippen molar-refractivity contribution in [2.24, 2.45) is 11.7 Å². The van der Waals surface area contributed by atoms with Crippen molar-refractivity contribution in [1.29, 1.82) is 0 Å². The van der Waals surface area contributed by atoms with Crippen LogP contribution < -0.4 is 16.4 Å². The number of hydrogen-bond acceptors (Lipinski definition) is 4. The zero-order chi connectivity index (χ0) is 16.7. The number of nitrogens with two attached hydrogens (primary N) is 1. The van der Waals surface area contributed by atoms with Gasteiger partial charge in [0.2, 0.25) is 11.8 Å². The lowest BCUT2D eigenvalue weighted by molar-refractivity contribution is -0.129. The summed E-state index contributed by atoms with van der Waals surface area (Å²) in [4.78, 5) is 24.0. The van der Waals surface area contributed by atoms with Crippen LogP contribution in [0.15, 0.2) is 24.3 Å². The summed E-state index contributed by atoms with van der Waals surface area (Å²) in [6.45, 7) is 3.97. The number of aromatic hydroxyl groups is 1. The molecule has 0 heterocycles. The van der Waals surface area contributed by atoms with E-state index in [4.69, 9.17) is 5.73 Å². The first-order chi connectivity index (χ1) is 10.3. The van der Waals surface area contributed by atoms with Gasteiger partial charge >= 0.3 is 0 Å². The minimum Gasteiger partial charge on any atom is -0.508 e. The number of carbonyl (C=O) groups excluding carboxylic acids is 2. The number of nitrogens with one attached hydrogen (secondary N) is 2. The van der Waals surface area contributed by atoms with Gasteiger partial charge in [0, 0.05) is 13.5 Å². The number of phenols is 1. The first kappa shape index (κ1) is 18.0. The molecule has 2 atom stereocenters. The summed E-state index contributed by atoms with van der Waals surface area (Å²) in [6.07, 6.45) is 0.894. The number of carbonyl (C=O) groups is 2. The maximum Gasteiger partial charge on any atom is 0.242 e. The molecule has 1 aromatic carbocycles. The van der Waals surface area contributed by atoms with Gasteiger partial charge in [0.15, 0.2) is 0 Å². The largest absolute Gasteiger partial charge is 0.508 e. The van der Waals surface area contributed by atoms with Crippen LogP contribution in [0.1, 0.15) is 25.8 Å². The standard InChI is InChI=1S/C16H25N3O3/c1-10(2)8-13(17)15(21)19-14(16(22)18-3)9-11-4-6-12(20)7-5-11/h4-7,10,13-14,20H,8-9,17H2,1-3H3,(H,18,22)(H,19,21). The molecule has 0 radical (unpaired) electrons. The Labute approximate surface area is 131 Å². The molecule has 2 unspecified atom stereocenters. The molecule has 122 valence electrons. The van der Waals surface area contributed by atoms with Crippen molar-refractivity contribution in [3.8, 4) is 5.75 Å². The summed E-state index contributed by atoms with van der Waals surface area (Å²) >= 11 is 0. The molecule has 1 aromatic rings. The van der Waals surface area contributed by atoms with Gasteiger partial charge < -0.3 is 21.5 Å². The van der Waals surface area contributed by atoms with Gasteiger partial charge in [0.05, 0.1) is 6.04 Å². The Morgan fingerprint density at radius 2 is 1.77 bits per heavy atom. The van der Waals surface area contributed by atoms with Crippen LogP contribution in [0.4, 0.5) is 0 Å². The van der Waals surface area contributed by atoms with Gasteiger partial charge in [-0.2, -0.15) is 0 Å². The van der Waals surface area contributed by atoms with Crippen molar-refractivity contribution >= 4 is 11.8 Å². The second-order valence-electron chi connectivity index (χ2n) is 5.78. The van der Waals surface area contributed by atoms with Crippen LogP contribution in [0.5, 0.6) is 5.75 Å². The molecule has 0 spiro atoms. The molecule has 0 aliphatic rings. The molecule has 0 saturated heterocycles. The van der Waals surface area contributed by atoms with Gasteiger partial charge in [-0.15, -0.1) is 0 Å². The van der Waals surface area contributed by atoms with E-state index in [1.165, 1.54) is 7.05 Å². The highest BCUT2D eigenvalue weighted by Gasteiger charge is 2.23. The number of hydrogen-bond donors (Lipinski definition) is 4. The lowest BCUT2D eigenvalue weighted by Gasteiger charge is -2.21. The molecule has 0 aliphatic heterocycles. The Morgan fingerprint density at radius 3 is 2.27 bits per heavy atom. The topological polar surface area (TPSA) is 104 Å². The van der Waals surface area contributed by atoms with Crippen LogP contribution >= 0.6 is 0 Å². The fraction of sp³-hybridized carbons (Fsp3) is 0.500. The second kappa shape index (κ2) is 8.38. The van der Waals surface area contributed by atoms with E-state index in [0.717, 1.165) is 5.56 Å². The minimum atomic E-state index is -0.694. The lowest BCUT2D eigenvalue weighted by atomic mass is 10.0. The van der Waals surface area contributed by atoms with Crippen LogP contribution in [-0.4, -0.2) is 36.1 Å². The van der Waals surface area contributed by atoms with Crippen molar-refractivity contribution in [3.63, 3.8) is 0 Å². The Balaban J connectivity index is 2.74. The highest BCUT2D eigenvalue weighted by molar-refractivity contribution is 5.89. The van der Waals surface area contributed by atoms with Gasteiger partial charge in [0.25, 0.3) is 0 Å². The van der Waals surface area contributed by atoms with Gasteiger partial charge in [-0.05, 0) is 30.0 Å². The lowest BCUT2D eigenvalue weighted by Crippen LogP contribution is -2.52. The summed E-state index contributed by atoms with van der Waals surface area (Å²) in [6, 6.07) is 5.19. The van der Waals surface area contributed by atoms with Crippen LogP contribution in [0, 0.1) is 5.92 Å². The van der Waals surface area contributed by atoms with Crippen molar-refractivity contribution in [1.82, 2.24) is 10.6 Å². The Kier molecular flexibility index (Phi) is 6.85. The molecule has 5 N–H and O–H groups in total. The molecule has 0 aliphatic carbocycles. The number of phenolic OH excluding ortho intramolecular Hbond substituents is 1. The Morgan fingerprint density at radius 1 is 1.18 bits per heavy atom. The summed E-state index contributed by atoms with van der Waals surface area (Å²) < 4.78 is 0. The van der Waals surface area contributed by atoms with Gasteiger partial charge in [-0.3, -0.25) is 9.59 Å². The Hall–Kier alpha value is -2.08. The monoisotopic (exact) mass is 307 g/mol. The molecular formula is C16H25N3O3. The molecule has 22 heavy (non-hydrogen) atoms. The van der Waals surface area contributed by atoms with Gasteiger partial charge in [0.1, 0.15) is 11.8 Å². The van der Waals surface area contributed by atoms with Crippen molar-refractivity contribution in [2.45, 2.75) is 38.8 Å². The third-order valence-corrected chi connectivity index (χ3v) is 3.32. The first-order valence-corrected chi connectivity index (χ1v) is 7.39. The molecule has 6 nitrogen and oxygen atoms in total. The molecular weight excluding hydrogens is 282 g/mol. The molecule has 0 fully saturated rings. The van der Waals surface area contributed by atoms with E-state index in [2.05, 4.69) is 10.6 Å². The van der Waals surface area contributed by atoms with E-state index in [0.29, 0.717) is 18.8 Å². The van der Waals surface area contributed by atoms with E-state index in [1.807, 2.05) is 13.8 Å². The summed E-state index contributed by atoms with van der Waals surface area (Å²) in [5.74, 6) is -0.154. The zero-order valence-corrected chi connectivity index (χ0v) is 13.3. The normalized spacial score (nSPS) is 13.5. The highest BCUT2D eigenvalue weighted by Crippen LogP contribution is 2.12. The smallest absolute Gasteiger partial charge is 0.242 e. The molecule has 0 saturated carbocycles. The fourth-order valence-corrected chi connectivity index (χ4v) is 2.14. The maximum atomic E-state index is 12.1. The average Bonchev–Trinajstić information content (AvgIpc) is 2.47. The SMILES string of the molecule is CNC(=O)C(Cc1ccc(O)cc1)NC(=O)C(N)CC(C)C. The van der Waals surface area contributed by atoms with Crippen LogP contribution in [-0.2, 0) is 16.0 Å². The van der Waals surface area contributed by atoms with Crippen molar-refractivity contribution in [3.05, 3.63) is 29.8 Å². The zero-order valence-electron chi connectivity index (χ0n) is 13.3. The van der Waals surface area contributed by atoms with Crippen LogP contribution in [0.2, 0.25) is 0 Å². The van der Waals surface area contributed by atoms with Crippen LogP contribution in [0.25, 0.3) is 0 Å². The Bertz CT molecular complexity index is 500. The van der Waals surface area contributed by atoms with E-state index in [1.54, 1.807) is 24.3 Å². The number of amides is 2. The molecule has 1 rings (SSSR count). The summed E-state index contributed by atoms with van der Waals surface area (Å²) in [7, 11) is 1.52. The van der Waals surface area contributed by atoms with Gasteiger partial charge in [-0.1, -0.05) is 26.0 Å². The van der Waals surface area contributed by atoms with Crippen molar-refractivity contribution < 1.29 is 14.7 Å². The highest BCUT2D eigenvalue weighted by atomic mass is 16.3. The van der Waals surface area contributed by atoms with E-state index < -0.39 is 12.1 Å². The summed E-state index contributed by atoms with van der Waals surface area (Å²) in [5, 5.41) is 14.5. The first-order valence-electron chi connectivity index (χ1n) is 7.39. The van der Waals surface area contributed by atoms with Crippen LogP contribution in [0.3, 0.4) is 0 Å². The molecule has 0 bridgehead atoms. The summed E-state index contributed by atoms with van der Waals surface area (Å²) in [5.41, 5.74) is 6.68. The van der Waals surface area contributed by atoms with E-state index >= 15 is 0 Å². The van der Waals surface area contributed by atoms with Gasteiger partial charge in [-0.25, -0.2) is 0 Å². The number of benzene rings is 1. The minimum absolute atomic E-state index is 0.156. The van der Waals surface area contributed by atoms with E-state index in [9.17, 15) is 14.7 Å². The predicted octanol–water partition coefficient (Wildman–Crippen LogP) is 0.539. The third-order valence-electron chi connectivity index (χ3n) is 3.32. The third kappa shape index (κ3) is 5.73.